The molecule has 1 saturated heterocycles. The van der Waals surface area contributed by atoms with Gasteiger partial charge >= 0.3 is 0 Å². The molecule has 1 atom stereocenters. The average Bonchev–Trinajstić information content (AvgIpc) is 2.42. The maximum atomic E-state index is 14.3. The molecule has 1 heterocycles. The normalized spacial score (nSPS) is 28.1. The molecule has 0 aromatic carbocycles. The van der Waals surface area contributed by atoms with E-state index in [9.17, 15) is 8.78 Å². The van der Waals surface area contributed by atoms with E-state index in [0.717, 1.165) is 19.4 Å². The summed E-state index contributed by atoms with van der Waals surface area (Å²) in [4.78, 5) is 1.89. The molecule has 0 spiro atoms. The minimum Gasteiger partial charge on any atom is -0.303 e. The van der Waals surface area contributed by atoms with Crippen LogP contribution in [0.1, 0.15) is 79.6 Å². The Morgan fingerprint density at radius 3 is 2.14 bits per heavy atom. The second kappa shape index (κ2) is 8.58. The van der Waals surface area contributed by atoms with E-state index in [0.29, 0.717) is 6.42 Å². The highest BCUT2D eigenvalue weighted by molar-refractivity contribution is 4.98. The first kappa shape index (κ1) is 19.8. The van der Waals surface area contributed by atoms with Crippen molar-refractivity contribution in [2.45, 2.75) is 103 Å². The number of likely N-dealkylation sites (tertiary alicyclic amines) is 1. The maximum absolute atomic E-state index is 14.3. The van der Waals surface area contributed by atoms with Crippen molar-refractivity contribution in [1.29, 1.82) is 0 Å². The second-order valence-electron chi connectivity index (χ2n) is 7.64. The Bertz CT molecular complexity index is 312. The molecule has 1 unspecified atom stereocenters. The quantitative estimate of drug-likeness (QED) is 0.801. The Labute approximate surface area is 136 Å². The third-order valence-electron chi connectivity index (χ3n) is 4.84. The summed E-state index contributed by atoms with van der Waals surface area (Å²) in [5, 5.41) is 3.31. The van der Waals surface area contributed by atoms with Gasteiger partial charge in [0, 0.05) is 18.1 Å². The van der Waals surface area contributed by atoms with E-state index in [-0.39, 0.29) is 18.1 Å². The third-order valence-corrected chi connectivity index (χ3v) is 4.84. The summed E-state index contributed by atoms with van der Waals surface area (Å²) in [6.07, 6.45) is 7.46. The van der Waals surface area contributed by atoms with Gasteiger partial charge in [0.1, 0.15) is 0 Å². The lowest BCUT2D eigenvalue weighted by molar-refractivity contribution is -0.105. The fourth-order valence-electron chi connectivity index (χ4n) is 3.48. The molecule has 1 saturated carbocycles. The predicted octanol–water partition coefficient (Wildman–Crippen LogP) is 4.83. The number of rotatable bonds is 3. The van der Waals surface area contributed by atoms with Crippen molar-refractivity contribution in [2.75, 3.05) is 13.1 Å². The van der Waals surface area contributed by atoms with Crippen molar-refractivity contribution in [3.05, 3.63) is 0 Å². The Hall–Kier alpha value is -0.220. The molecule has 0 amide bonds. The van der Waals surface area contributed by atoms with Crippen molar-refractivity contribution < 1.29 is 8.78 Å². The molecule has 1 aliphatic carbocycles. The van der Waals surface area contributed by atoms with Crippen LogP contribution in [0.4, 0.5) is 8.78 Å². The van der Waals surface area contributed by atoms with Crippen molar-refractivity contribution in [3.8, 4) is 0 Å². The van der Waals surface area contributed by atoms with Crippen LogP contribution in [0.2, 0.25) is 0 Å². The summed E-state index contributed by atoms with van der Waals surface area (Å²) in [6.45, 7) is 11.0. The molecular weight excluding hydrogens is 282 g/mol. The van der Waals surface area contributed by atoms with Gasteiger partial charge in [0.15, 0.2) is 0 Å². The molecule has 132 valence electrons. The standard InChI is InChI=1S/C15H28F2N2.C3H8/c1-12(2)19-10-7-13(15(16,17)11-19)18-14(3)8-5-4-6-9-14;1-3-2/h12-13,18H,4-11H2,1-3H3;3H2,1-2H3. The number of nitrogens with zero attached hydrogens (tertiary/aromatic N) is 1. The molecule has 0 bridgehead atoms. The van der Waals surface area contributed by atoms with Gasteiger partial charge in [-0.25, -0.2) is 8.78 Å². The molecule has 22 heavy (non-hydrogen) atoms. The van der Waals surface area contributed by atoms with Crippen LogP contribution < -0.4 is 5.32 Å². The fraction of sp³-hybridized carbons (Fsp3) is 1.00. The first-order valence-corrected chi connectivity index (χ1v) is 9.13. The smallest absolute Gasteiger partial charge is 0.275 e. The summed E-state index contributed by atoms with van der Waals surface area (Å²) in [6, 6.07) is -0.442. The lowest BCUT2D eigenvalue weighted by Gasteiger charge is -2.45. The number of hydrogen-bond acceptors (Lipinski definition) is 2. The van der Waals surface area contributed by atoms with Crippen LogP contribution in [0.15, 0.2) is 0 Å². The second-order valence-corrected chi connectivity index (χ2v) is 7.64. The Morgan fingerprint density at radius 2 is 1.68 bits per heavy atom. The highest BCUT2D eigenvalue weighted by Gasteiger charge is 2.47. The van der Waals surface area contributed by atoms with Gasteiger partial charge in [-0.3, -0.25) is 4.90 Å². The molecule has 1 N–H and O–H groups in total. The molecule has 0 aromatic heterocycles. The van der Waals surface area contributed by atoms with Gasteiger partial charge in [0.2, 0.25) is 0 Å². The topological polar surface area (TPSA) is 15.3 Å². The van der Waals surface area contributed by atoms with Crippen molar-refractivity contribution >= 4 is 0 Å². The SMILES string of the molecule is CC(C)N1CCC(NC2(C)CCCCC2)C(F)(F)C1.CCC. The Balaban J connectivity index is 0.000000745. The van der Waals surface area contributed by atoms with E-state index < -0.39 is 12.0 Å². The lowest BCUT2D eigenvalue weighted by atomic mass is 9.81. The van der Waals surface area contributed by atoms with Crippen LogP contribution in [0.25, 0.3) is 0 Å². The summed E-state index contributed by atoms with van der Waals surface area (Å²) in [5.41, 5.74) is -0.0770. The van der Waals surface area contributed by atoms with Crippen LogP contribution in [0.3, 0.4) is 0 Å². The van der Waals surface area contributed by atoms with Gasteiger partial charge in [0.05, 0.1) is 12.6 Å². The number of halogens is 2. The molecule has 2 fully saturated rings. The first-order chi connectivity index (χ1) is 10.2. The average molecular weight is 318 g/mol. The summed E-state index contributed by atoms with van der Waals surface area (Å²) in [5.74, 6) is -2.61. The number of piperidine rings is 1. The Kier molecular flexibility index (Phi) is 7.73. The summed E-state index contributed by atoms with van der Waals surface area (Å²) >= 11 is 0. The fourth-order valence-corrected chi connectivity index (χ4v) is 3.48. The lowest BCUT2D eigenvalue weighted by Crippen LogP contribution is -2.63. The van der Waals surface area contributed by atoms with Crippen LogP contribution in [0, 0.1) is 0 Å². The van der Waals surface area contributed by atoms with Gasteiger partial charge in [-0.15, -0.1) is 0 Å². The van der Waals surface area contributed by atoms with E-state index in [1.54, 1.807) is 0 Å². The molecule has 1 aliphatic heterocycles. The molecular formula is C18H36F2N2. The van der Waals surface area contributed by atoms with Gasteiger partial charge in [-0.2, -0.15) is 0 Å². The molecule has 0 radical (unpaired) electrons. The highest BCUT2D eigenvalue weighted by atomic mass is 19.3. The first-order valence-electron chi connectivity index (χ1n) is 9.13. The number of nitrogens with one attached hydrogen (secondary N) is 1. The maximum Gasteiger partial charge on any atom is 0.275 e. The molecule has 2 aliphatic rings. The van der Waals surface area contributed by atoms with E-state index in [4.69, 9.17) is 0 Å². The zero-order valence-corrected chi connectivity index (χ0v) is 15.2. The summed E-state index contributed by atoms with van der Waals surface area (Å²) < 4.78 is 28.6. The molecule has 0 aromatic rings. The predicted molar refractivity (Wildman–Crippen MR) is 90.7 cm³/mol. The number of hydrogen-bond donors (Lipinski definition) is 1. The van der Waals surface area contributed by atoms with Gasteiger partial charge in [0.25, 0.3) is 5.92 Å². The van der Waals surface area contributed by atoms with E-state index >= 15 is 0 Å². The minimum atomic E-state index is -2.61. The van der Waals surface area contributed by atoms with Gasteiger partial charge in [-0.1, -0.05) is 39.5 Å². The van der Waals surface area contributed by atoms with E-state index in [1.807, 2.05) is 18.7 Å². The van der Waals surface area contributed by atoms with Crippen LogP contribution in [0.5, 0.6) is 0 Å². The van der Waals surface area contributed by atoms with Gasteiger partial charge in [-0.05, 0) is 40.0 Å². The van der Waals surface area contributed by atoms with Crippen LogP contribution in [-0.2, 0) is 0 Å². The Morgan fingerprint density at radius 1 is 1.14 bits per heavy atom. The summed E-state index contributed by atoms with van der Waals surface area (Å²) in [7, 11) is 0. The van der Waals surface area contributed by atoms with E-state index in [2.05, 4.69) is 26.1 Å². The molecule has 2 nitrogen and oxygen atoms in total. The highest BCUT2D eigenvalue weighted by Crippen LogP contribution is 2.34. The monoisotopic (exact) mass is 318 g/mol. The zero-order chi connectivity index (χ0) is 16.8. The molecule has 2 rings (SSSR count). The minimum absolute atomic E-state index is 0.0770. The van der Waals surface area contributed by atoms with E-state index in [1.165, 1.54) is 25.7 Å². The van der Waals surface area contributed by atoms with Crippen LogP contribution >= 0.6 is 0 Å². The third kappa shape index (κ3) is 5.77. The van der Waals surface area contributed by atoms with Crippen molar-refractivity contribution in [2.24, 2.45) is 0 Å². The molecule has 4 heteroatoms. The van der Waals surface area contributed by atoms with Gasteiger partial charge < -0.3 is 5.32 Å². The number of alkyl halides is 2. The van der Waals surface area contributed by atoms with Crippen molar-refractivity contribution in [3.63, 3.8) is 0 Å². The largest absolute Gasteiger partial charge is 0.303 e. The van der Waals surface area contributed by atoms with Crippen molar-refractivity contribution in [1.82, 2.24) is 10.2 Å². The zero-order valence-electron chi connectivity index (χ0n) is 15.2. The van der Waals surface area contributed by atoms with Crippen LogP contribution in [-0.4, -0.2) is 41.5 Å².